The first-order valence-electron chi connectivity index (χ1n) is 7.90. The maximum absolute atomic E-state index is 11.9. The highest BCUT2D eigenvalue weighted by Crippen LogP contribution is 2.35. The summed E-state index contributed by atoms with van der Waals surface area (Å²) in [6.07, 6.45) is 0.840. The van der Waals surface area contributed by atoms with Crippen LogP contribution in [-0.2, 0) is 6.61 Å². The molecule has 0 saturated heterocycles. The van der Waals surface area contributed by atoms with Crippen molar-refractivity contribution in [1.82, 2.24) is 20.4 Å². The number of ether oxygens (including phenoxy) is 3. The molecule has 1 aliphatic heterocycles. The molecular formula is C16H20N4O5. The molecule has 2 aromatic rings. The fraction of sp³-hybridized carbons (Fsp3) is 0.438. The van der Waals surface area contributed by atoms with Crippen LogP contribution >= 0.6 is 0 Å². The monoisotopic (exact) mass is 348 g/mol. The van der Waals surface area contributed by atoms with Crippen molar-refractivity contribution in [2.45, 2.75) is 13.0 Å². The van der Waals surface area contributed by atoms with Gasteiger partial charge in [-0.2, -0.15) is 4.98 Å². The minimum absolute atomic E-state index is 0.0749. The van der Waals surface area contributed by atoms with Gasteiger partial charge in [-0.05, 0) is 39.2 Å². The Kier molecular flexibility index (Phi) is 5.34. The summed E-state index contributed by atoms with van der Waals surface area (Å²) in [4.78, 5) is 18.0. The lowest BCUT2D eigenvalue weighted by atomic mass is 10.3. The van der Waals surface area contributed by atoms with Crippen LogP contribution in [0.2, 0.25) is 0 Å². The summed E-state index contributed by atoms with van der Waals surface area (Å²) in [7, 11) is 3.96. The molecule has 0 bridgehead atoms. The second-order valence-corrected chi connectivity index (χ2v) is 5.73. The van der Waals surface area contributed by atoms with Gasteiger partial charge in [-0.25, -0.2) is 0 Å². The molecule has 134 valence electrons. The zero-order valence-corrected chi connectivity index (χ0v) is 14.2. The first-order valence-corrected chi connectivity index (χ1v) is 7.90. The van der Waals surface area contributed by atoms with Crippen molar-refractivity contribution in [1.29, 1.82) is 0 Å². The van der Waals surface area contributed by atoms with Crippen LogP contribution in [0.4, 0.5) is 0 Å². The van der Waals surface area contributed by atoms with E-state index in [4.69, 9.17) is 18.7 Å². The summed E-state index contributed by atoms with van der Waals surface area (Å²) < 4.78 is 21.1. The number of hydrogen-bond acceptors (Lipinski definition) is 8. The molecule has 1 amide bonds. The lowest BCUT2D eigenvalue weighted by Gasteiger charge is -2.08. The maximum atomic E-state index is 11.9. The molecule has 25 heavy (non-hydrogen) atoms. The first kappa shape index (κ1) is 17.0. The smallest absolute Gasteiger partial charge is 0.316 e. The van der Waals surface area contributed by atoms with Gasteiger partial charge >= 0.3 is 11.8 Å². The minimum Gasteiger partial charge on any atom is -0.485 e. The van der Waals surface area contributed by atoms with Gasteiger partial charge in [0, 0.05) is 12.6 Å². The van der Waals surface area contributed by atoms with Crippen LogP contribution < -0.4 is 19.5 Å². The van der Waals surface area contributed by atoms with E-state index in [0.717, 1.165) is 13.0 Å². The quantitative estimate of drug-likeness (QED) is 0.707. The van der Waals surface area contributed by atoms with E-state index < -0.39 is 0 Å². The Labute approximate surface area is 144 Å². The van der Waals surface area contributed by atoms with Crippen LogP contribution in [0.1, 0.15) is 22.9 Å². The van der Waals surface area contributed by atoms with E-state index in [-0.39, 0.29) is 31.0 Å². The van der Waals surface area contributed by atoms with Gasteiger partial charge in [0.15, 0.2) is 18.1 Å². The first-order chi connectivity index (χ1) is 12.1. The molecule has 0 aliphatic carbocycles. The molecule has 1 aromatic heterocycles. The van der Waals surface area contributed by atoms with Crippen molar-refractivity contribution in [3.05, 3.63) is 29.9 Å². The number of benzene rings is 1. The van der Waals surface area contributed by atoms with Gasteiger partial charge < -0.3 is 29.0 Å². The van der Waals surface area contributed by atoms with E-state index in [1.165, 1.54) is 0 Å². The van der Waals surface area contributed by atoms with Gasteiger partial charge in [-0.3, -0.25) is 4.79 Å². The zero-order valence-electron chi connectivity index (χ0n) is 14.2. The fourth-order valence-corrected chi connectivity index (χ4v) is 2.19. The van der Waals surface area contributed by atoms with Gasteiger partial charge in [-0.1, -0.05) is 5.16 Å². The molecule has 1 aliphatic rings. The summed E-state index contributed by atoms with van der Waals surface area (Å²) >= 11 is 0. The molecular weight excluding hydrogens is 328 g/mol. The molecule has 1 aromatic carbocycles. The summed E-state index contributed by atoms with van der Waals surface area (Å²) in [5.74, 6) is 1.72. The molecule has 0 radical (unpaired) electrons. The lowest BCUT2D eigenvalue weighted by Crippen LogP contribution is -2.27. The van der Waals surface area contributed by atoms with Gasteiger partial charge in [0.05, 0.1) is 0 Å². The van der Waals surface area contributed by atoms with E-state index >= 15 is 0 Å². The summed E-state index contributed by atoms with van der Waals surface area (Å²) in [6.45, 7) is 1.72. The third-order valence-corrected chi connectivity index (χ3v) is 3.44. The normalized spacial score (nSPS) is 12.4. The second-order valence-electron chi connectivity index (χ2n) is 5.73. The third-order valence-electron chi connectivity index (χ3n) is 3.44. The van der Waals surface area contributed by atoms with Gasteiger partial charge in [0.2, 0.25) is 12.6 Å². The number of aromatic nitrogens is 2. The highest BCUT2D eigenvalue weighted by Gasteiger charge is 2.16. The van der Waals surface area contributed by atoms with Crippen molar-refractivity contribution < 1.29 is 23.5 Å². The number of amides is 1. The predicted octanol–water partition coefficient (Wildman–Crippen LogP) is 1.06. The molecule has 3 rings (SSSR count). The average Bonchev–Trinajstić information content (AvgIpc) is 3.25. The molecule has 0 unspecified atom stereocenters. The number of nitrogens with one attached hydrogen (secondary N) is 1. The summed E-state index contributed by atoms with van der Waals surface area (Å²) in [6, 6.07) is 5.24. The zero-order chi connectivity index (χ0) is 17.6. The highest BCUT2D eigenvalue weighted by atomic mass is 16.7. The van der Waals surface area contributed by atoms with Crippen molar-refractivity contribution in [3.63, 3.8) is 0 Å². The van der Waals surface area contributed by atoms with Crippen molar-refractivity contribution in [2.75, 3.05) is 34.0 Å². The Balaban J connectivity index is 1.47. The predicted molar refractivity (Wildman–Crippen MR) is 86.7 cm³/mol. The fourth-order valence-electron chi connectivity index (χ4n) is 2.19. The van der Waals surface area contributed by atoms with E-state index in [0.29, 0.717) is 23.8 Å². The Morgan fingerprint density at radius 3 is 3.00 bits per heavy atom. The Morgan fingerprint density at radius 2 is 2.16 bits per heavy atom. The maximum Gasteiger partial charge on any atom is 0.316 e. The molecule has 9 nitrogen and oxygen atoms in total. The molecule has 9 heteroatoms. The van der Waals surface area contributed by atoms with Crippen molar-refractivity contribution in [3.8, 4) is 17.2 Å². The van der Waals surface area contributed by atoms with Crippen LogP contribution in [0, 0.1) is 0 Å². The second kappa shape index (κ2) is 7.84. The topological polar surface area (TPSA) is 99.0 Å². The summed E-state index contributed by atoms with van der Waals surface area (Å²) in [5.41, 5.74) is 0. The standard InChI is InChI=1S/C16H20N4O5/c1-20(2)7-3-6-17-15(21)16-18-14(19-25-16)9-22-11-4-5-12-13(8-11)24-10-23-12/h4-5,8H,3,6-7,9-10H2,1-2H3,(H,17,21). The third kappa shape index (κ3) is 4.60. The lowest BCUT2D eigenvalue weighted by molar-refractivity contribution is 0.0908. The minimum atomic E-state index is -0.388. The van der Waals surface area contributed by atoms with Gasteiger partial charge in [0.25, 0.3) is 0 Å². The Bertz CT molecular complexity index is 731. The average molecular weight is 348 g/mol. The number of hydrogen-bond donors (Lipinski definition) is 1. The number of rotatable bonds is 8. The molecule has 0 atom stereocenters. The number of carbonyl (C=O) groups is 1. The van der Waals surface area contributed by atoms with Crippen molar-refractivity contribution >= 4 is 5.91 Å². The Morgan fingerprint density at radius 1 is 1.32 bits per heavy atom. The van der Waals surface area contributed by atoms with Crippen LogP contribution in [0.15, 0.2) is 22.7 Å². The molecule has 0 spiro atoms. The number of fused-ring (bicyclic) bond motifs is 1. The highest BCUT2D eigenvalue weighted by molar-refractivity contribution is 5.89. The van der Waals surface area contributed by atoms with E-state index in [1.54, 1.807) is 18.2 Å². The largest absolute Gasteiger partial charge is 0.485 e. The molecule has 2 heterocycles. The molecule has 0 fully saturated rings. The van der Waals surface area contributed by atoms with Crippen LogP contribution in [0.5, 0.6) is 17.2 Å². The van der Waals surface area contributed by atoms with E-state index in [1.807, 2.05) is 19.0 Å². The Hall–Kier alpha value is -2.81. The number of nitrogens with zero attached hydrogens (tertiary/aromatic N) is 3. The van der Waals surface area contributed by atoms with Gasteiger partial charge in [-0.15, -0.1) is 0 Å². The summed E-state index contributed by atoms with van der Waals surface area (Å²) in [5, 5.41) is 6.48. The SMILES string of the molecule is CN(C)CCCNC(=O)c1nc(COc2ccc3c(c2)OCO3)no1. The van der Waals surface area contributed by atoms with E-state index in [9.17, 15) is 4.79 Å². The molecule has 1 N–H and O–H groups in total. The molecule has 0 saturated carbocycles. The van der Waals surface area contributed by atoms with Crippen molar-refractivity contribution in [2.24, 2.45) is 0 Å². The van der Waals surface area contributed by atoms with Crippen LogP contribution in [0.3, 0.4) is 0 Å². The van der Waals surface area contributed by atoms with Crippen LogP contribution in [-0.4, -0.2) is 54.9 Å². The number of carbonyl (C=O) groups excluding carboxylic acids is 1. The van der Waals surface area contributed by atoms with Crippen LogP contribution in [0.25, 0.3) is 0 Å². The van der Waals surface area contributed by atoms with E-state index in [2.05, 4.69) is 15.5 Å². The van der Waals surface area contributed by atoms with Gasteiger partial charge in [0.1, 0.15) is 5.75 Å².